The molecule has 27 heavy (non-hydrogen) atoms. The summed E-state index contributed by atoms with van der Waals surface area (Å²) in [7, 11) is 1.45. The Labute approximate surface area is 154 Å². The molecule has 1 aromatic heterocycles. The number of hydrogen-bond acceptors (Lipinski definition) is 4. The summed E-state index contributed by atoms with van der Waals surface area (Å²) in [5.74, 6) is -5.01. The minimum absolute atomic E-state index is 0.00651. The van der Waals surface area contributed by atoms with Crippen molar-refractivity contribution in [3.8, 4) is 11.8 Å². The van der Waals surface area contributed by atoms with E-state index in [9.17, 15) is 23.2 Å². The molecule has 0 unspecified atom stereocenters. The first-order chi connectivity index (χ1) is 12.8. The number of aryl methyl sites for hydroxylation is 1. The third-order valence-corrected chi connectivity index (χ3v) is 3.89. The topological polar surface area (TPSA) is 64.2 Å². The maximum atomic E-state index is 14.2. The van der Waals surface area contributed by atoms with Gasteiger partial charge in [0, 0.05) is 18.5 Å². The molecule has 0 aliphatic carbocycles. The number of ether oxygens (including phenoxy) is 2. The van der Waals surface area contributed by atoms with Gasteiger partial charge < -0.3 is 14.0 Å². The molecule has 8 heteroatoms. The average molecular weight is 378 g/mol. The highest BCUT2D eigenvalue weighted by Crippen LogP contribution is 2.26. The van der Waals surface area contributed by atoms with E-state index in [4.69, 9.17) is 9.47 Å². The quantitative estimate of drug-likeness (QED) is 0.253. The largest absolute Gasteiger partial charge is 0.459 e. The van der Waals surface area contributed by atoms with Crippen molar-refractivity contribution in [2.24, 2.45) is 0 Å². The lowest BCUT2D eigenvalue weighted by atomic mass is 10.1. The second-order valence-corrected chi connectivity index (χ2v) is 5.65. The number of methoxy groups -OCH3 is 1. The lowest BCUT2D eigenvalue weighted by Crippen LogP contribution is -2.11. The molecule has 1 aromatic carbocycles. The molecule has 5 nitrogen and oxygen atoms in total. The van der Waals surface area contributed by atoms with Crippen molar-refractivity contribution in [3.05, 3.63) is 58.2 Å². The predicted molar refractivity (Wildman–Crippen MR) is 91.5 cm³/mol. The van der Waals surface area contributed by atoms with Crippen LogP contribution in [0.25, 0.3) is 11.8 Å². The second-order valence-electron chi connectivity index (χ2n) is 5.65. The molecule has 0 atom stereocenters. The van der Waals surface area contributed by atoms with Gasteiger partial charge in [-0.2, -0.15) is 5.26 Å². The van der Waals surface area contributed by atoms with Crippen LogP contribution in [0.5, 0.6) is 0 Å². The van der Waals surface area contributed by atoms with E-state index in [-0.39, 0.29) is 24.5 Å². The Morgan fingerprint density at radius 2 is 1.93 bits per heavy atom. The van der Waals surface area contributed by atoms with Crippen molar-refractivity contribution in [2.45, 2.75) is 13.8 Å². The highest BCUT2D eigenvalue weighted by molar-refractivity contribution is 5.98. The zero-order valence-corrected chi connectivity index (χ0v) is 15.0. The number of carbonyl (C=O) groups is 1. The minimum Gasteiger partial charge on any atom is -0.459 e. The number of benzene rings is 1. The summed E-state index contributed by atoms with van der Waals surface area (Å²) < 4.78 is 52.0. The standard InChI is InChI=1S/C19H17F3N2O3/c1-11-8-13(9-14(10-23)19(25)27-7-6-26-3)12(2)24(11)16-5-4-15(20)17(21)18(16)22/h4-5,8-9H,6-7H2,1-3H3. The lowest BCUT2D eigenvalue weighted by Gasteiger charge is -2.11. The summed E-state index contributed by atoms with van der Waals surface area (Å²) >= 11 is 0. The van der Waals surface area contributed by atoms with Crippen LogP contribution in [0.3, 0.4) is 0 Å². The normalized spacial score (nSPS) is 11.4. The molecule has 0 saturated heterocycles. The first-order valence-corrected chi connectivity index (χ1v) is 7.92. The number of nitriles is 1. The van der Waals surface area contributed by atoms with Gasteiger partial charge in [0.05, 0.1) is 12.3 Å². The number of nitrogens with zero attached hydrogens (tertiary/aromatic N) is 2. The zero-order valence-electron chi connectivity index (χ0n) is 15.0. The van der Waals surface area contributed by atoms with E-state index in [1.54, 1.807) is 26.0 Å². The lowest BCUT2D eigenvalue weighted by molar-refractivity contribution is -0.139. The van der Waals surface area contributed by atoms with Crippen LogP contribution in [-0.2, 0) is 14.3 Å². The van der Waals surface area contributed by atoms with Gasteiger partial charge in [0.25, 0.3) is 0 Å². The van der Waals surface area contributed by atoms with Crippen LogP contribution in [-0.4, -0.2) is 30.9 Å². The molecule has 0 radical (unpaired) electrons. The Morgan fingerprint density at radius 3 is 2.56 bits per heavy atom. The number of hydrogen-bond donors (Lipinski definition) is 0. The molecule has 0 amide bonds. The van der Waals surface area contributed by atoms with Crippen molar-refractivity contribution in [1.29, 1.82) is 5.26 Å². The highest BCUT2D eigenvalue weighted by atomic mass is 19.2. The van der Waals surface area contributed by atoms with Crippen molar-refractivity contribution in [3.63, 3.8) is 0 Å². The fourth-order valence-corrected chi connectivity index (χ4v) is 2.58. The summed E-state index contributed by atoms with van der Waals surface area (Å²) in [6.45, 7) is 3.42. The zero-order chi connectivity index (χ0) is 20.1. The number of rotatable bonds is 6. The van der Waals surface area contributed by atoms with Crippen LogP contribution in [0.1, 0.15) is 17.0 Å². The highest BCUT2D eigenvalue weighted by Gasteiger charge is 2.19. The van der Waals surface area contributed by atoms with E-state index in [1.807, 2.05) is 0 Å². The van der Waals surface area contributed by atoms with E-state index in [1.165, 1.54) is 17.8 Å². The van der Waals surface area contributed by atoms with Gasteiger partial charge in [0.2, 0.25) is 0 Å². The van der Waals surface area contributed by atoms with Crippen molar-refractivity contribution >= 4 is 12.0 Å². The third kappa shape index (κ3) is 4.20. The number of halogens is 3. The number of aromatic nitrogens is 1. The Bertz CT molecular complexity index is 943. The number of carbonyl (C=O) groups excluding carboxylic acids is 1. The number of esters is 1. The third-order valence-electron chi connectivity index (χ3n) is 3.89. The summed E-state index contributed by atoms with van der Waals surface area (Å²) in [4.78, 5) is 11.9. The van der Waals surface area contributed by atoms with Gasteiger partial charge in [0.15, 0.2) is 17.5 Å². The maximum absolute atomic E-state index is 14.2. The Hall–Kier alpha value is -3.05. The Balaban J connectivity index is 2.45. The van der Waals surface area contributed by atoms with Crippen molar-refractivity contribution in [2.75, 3.05) is 20.3 Å². The molecule has 0 N–H and O–H groups in total. The van der Waals surface area contributed by atoms with Gasteiger partial charge in [-0.3, -0.25) is 0 Å². The van der Waals surface area contributed by atoms with Gasteiger partial charge in [-0.1, -0.05) is 0 Å². The monoisotopic (exact) mass is 378 g/mol. The molecule has 2 aromatic rings. The van der Waals surface area contributed by atoms with E-state index in [0.29, 0.717) is 17.0 Å². The van der Waals surface area contributed by atoms with Crippen LogP contribution >= 0.6 is 0 Å². The van der Waals surface area contributed by atoms with E-state index < -0.39 is 23.4 Å². The molecule has 0 spiro atoms. The first-order valence-electron chi connectivity index (χ1n) is 7.92. The van der Waals surface area contributed by atoms with Gasteiger partial charge >= 0.3 is 5.97 Å². The SMILES string of the molecule is COCCOC(=O)C(C#N)=Cc1cc(C)n(-c2ccc(F)c(F)c2F)c1C. The summed E-state index contributed by atoms with van der Waals surface area (Å²) in [5, 5.41) is 9.20. The predicted octanol–water partition coefficient (Wildman–Crippen LogP) is 3.61. The summed E-state index contributed by atoms with van der Waals surface area (Å²) in [6.07, 6.45) is 1.30. The first kappa shape index (κ1) is 20.3. The molecular weight excluding hydrogens is 361 g/mol. The van der Waals surface area contributed by atoms with Crippen LogP contribution in [0.15, 0.2) is 23.8 Å². The Morgan fingerprint density at radius 1 is 1.22 bits per heavy atom. The van der Waals surface area contributed by atoms with E-state index in [2.05, 4.69) is 0 Å². The fraction of sp³-hybridized carbons (Fsp3) is 0.263. The van der Waals surface area contributed by atoms with Gasteiger partial charge in [-0.15, -0.1) is 0 Å². The van der Waals surface area contributed by atoms with Crippen LogP contribution < -0.4 is 0 Å². The average Bonchev–Trinajstić information content (AvgIpc) is 2.91. The molecule has 0 saturated carbocycles. The molecular formula is C19H17F3N2O3. The molecule has 1 heterocycles. The molecule has 0 bridgehead atoms. The fourth-order valence-electron chi connectivity index (χ4n) is 2.58. The second kappa shape index (κ2) is 8.56. The van der Waals surface area contributed by atoms with Crippen molar-refractivity contribution in [1.82, 2.24) is 4.57 Å². The van der Waals surface area contributed by atoms with Crippen LogP contribution in [0, 0.1) is 42.6 Å². The molecule has 0 fully saturated rings. The molecule has 142 valence electrons. The Kier molecular flexibility index (Phi) is 6.42. The molecule has 0 aliphatic rings. The summed E-state index contributed by atoms with van der Waals surface area (Å²) in [6, 6.07) is 5.29. The van der Waals surface area contributed by atoms with Gasteiger partial charge in [-0.25, -0.2) is 18.0 Å². The van der Waals surface area contributed by atoms with Gasteiger partial charge in [-0.05, 0) is 43.7 Å². The van der Waals surface area contributed by atoms with E-state index in [0.717, 1.165) is 12.1 Å². The van der Waals surface area contributed by atoms with Crippen LogP contribution in [0.2, 0.25) is 0 Å². The van der Waals surface area contributed by atoms with Gasteiger partial charge in [0.1, 0.15) is 18.2 Å². The van der Waals surface area contributed by atoms with Crippen molar-refractivity contribution < 1.29 is 27.4 Å². The van der Waals surface area contributed by atoms with Crippen LogP contribution in [0.4, 0.5) is 13.2 Å². The molecule has 2 rings (SSSR count). The van der Waals surface area contributed by atoms with E-state index >= 15 is 0 Å². The smallest absolute Gasteiger partial charge is 0.348 e. The minimum atomic E-state index is -1.57. The summed E-state index contributed by atoms with van der Waals surface area (Å²) in [5.41, 5.74) is 0.960. The molecule has 0 aliphatic heterocycles. The maximum Gasteiger partial charge on any atom is 0.348 e.